The fourth-order valence-corrected chi connectivity index (χ4v) is 1.46. The van der Waals surface area contributed by atoms with Gasteiger partial charge in [-0.05, 0) is 12.1 Å². The van der Waals surface area contributed by atoms with Crippen LogP contribution >= 0.6 is 0 Å². The van der Waals surface area contributed by atoms with Crippen molar-refractivity contribution in [3.63, 3.8) is 0 Å². The summed E-state index contributed by atoms with van der Waals surface area (Å²) < 4.78 is 11.6. The quantitative estimate of drug-likeness (QED) is 0.857. The molecule has 0 unspecified atom stereocenters. The lowest BCUT2D eigenvalue weighted by Crippen LogP contribution is -2.08. The summed E-state index contributed by atoms with van der Waals surface area (Å²) in [5.74, 6) is -0.881. The molecule has 6 nitrogen and oxygen atoms in total. The number of hydrogen-bond acceptors (Lipinski definition) is 4. The lowest BCUT2D eigenvalue weighted by atomic mass is 10.3. The number of rotatable bonds is 4. The maximum Gasteiger partial charge on any atom is 0.419 e. The molecule has 1 N–H and O–H groups in total. The molecule has 17 heavy (non-hydrogen) atoms. The van der Waals surface area contributed by atoms with Gasteiger partial charge < -0.3 is 14.3 Å². The van der Waals surface area contributed by atoms with Crippen LogP contribution in [0.15, 0.2) is 27.4 Å². The molecule has 0 radical (unpaired) electrons. The van der Waals surface area contributed by atoms with E-state index in [2.05, 4.69) is 0 Å². The number of aryl methyl sites for hydroxylation is 1. The summed E-state index contributed by atoms with van der Waals surface area (Å²) in [7, 11) is 1.61. The number of aliphatic carboxylic acids is 1. The van der Waals surface area contributed by atoms with Crippen LogP contribution in [0.2, 0.25) is 0 Å². The van der Waals surface area contributed by atoms with Crippen molar-refractivity contribution in [2.75, 3.05) is 6.61 Å². The first kappa shape index (κ1) is 11.3. The van der Waals surface area contributed by atoms with Crippen molar-refractivity contribution in [2.45, 2.75) is 6.42 Å². The zero-order valence-corrected chi connectivity index (χ0v) is 9.17. The van der Waals surface area contributed by atoms with Gasteiger partial charge in [0.15, 0.2) is 5.58 Å². The van der Waals surface area contributed by atoms with Crippen LogP contribution in [-0.4, -0.2) is 22.2 Å². The number of carboxylic acid groups (broad SMARTS) is 1. The maximum atomic E-state index is 11.2. The van der Waals surface area contributed by atoms with Gasteiger partial charge in [-0.25, -0.2) is 4.79 Å². The lowest BCUT2D eigenvalue weighted by molar-refractivity contribution is -0.137. The smallest absolute Gasteiger partial charge is 0.419 e. The van der Waals surface area contributed by atoms with Gasteiger partial charge in [-0.15, -0.1) is 0 Å². The summed E-state index contributed by atoms with van der Waals surface area (Å²) in [5.41, 5.74) is 1.09. The monoisotopic (exact) mass is 237 g/mol. The van der Waals surface area contributed by atoms with Gasteiger partial charge in [-0.1, -0.05) is 0 Å². The molecular formula is C11H11NO5. The van der Waals surface area contributed by atoms with Crippen LogP contribution in [0.4, 0.5) is 0 Å². The van der Waals surface area contributed by atoms with Gasteiger partial charge in [0, 0.05) is 13.1 Å². The fourth-order valence-electron chi connectivity index (χ4n) is 1.46. The summed E-state index contributed by atoms with van der Waals surface area (Å²) in [5, 5.41) is 8.46. The summed E-state index contributed by atoms with van der Waals surface area (Å²) >= 11 is 0. The number of carboxylic acids is 1. The average molecular weight is 237 g/mol. The second-order valence-corrected chi connectivity index (χ2v) is 3.55. The van der Waals surface area contributed by atoms with Crippen LogP contribution in [0.1, 0.15) is 6.42 Å². The molecule has 1 heterocycles. The topological polar surface area (TPSA) is 81.7 Å². The third kappa shape index (κ3) is 2.30. The van der Waals surface area contributed by atoms with Gasteiger partial charge in [-0.3, -0.25) is 9.36 Å². The van der Waals surface area contributed by atoms with E-state index in [1.54, 1.807) is 25.2 Å². The standard InChI is InChI=1S/C11H11NO5/c1-12-8-3-2-7(16-5-4-10(13)14)6-9(8)17-11(12)15/h2-3,6H,4-5H2,1H3,(H,13,14). The number of ether oxygens (including phenoxy) is 1. The third-order valence-electron chi connectivity index (χ3n) is 2.35. The number of carbonyl (C=O) groups is 1. The average Bonchev–Trinajstić information content (AvgIpc) is 2.54. The van der Waals surface area contributed by atoms with Crippen molar-refractivity contribution >= 4 is 17.1 Å². The van der Waals surface area contributed by atoms with E-state index >= 15 is 0 Å². The van der Waals surface area contributed by atoms with Gasteiger partial charge in [0.25, 0.3) is 0 Å². The Labute approximate surface area is 96.0 Å². The predicted molar refractivity (Wildman–Crippen MR) is 59.2 cm³/mol. The summed E-state index contributed by atoms with van der Waals surface area (Å²) in [4.78, 5) is 21.5. The zero-order valence-electron chi connectivity index (χ0n) is 9.17. The molecule has 0 bridgehead atoms. The van der Waals surface area contributed by atoms with Crippen LogP contribution in [0.25, 0.3) is 11.1 Å². The Morgan fingerprint density at radius 1 is 1.53 bits per heavy atom. The molecule has 6 heteroatoms. The first-order valence-corrected chi connectivity index (χ1v) is 5.02. The molecule has 2 aromatic rings. The summed E-state index contributed by atoms with van der Waals surface area (Å²) in [6.45, 7) is 0.0813. The van der Waals surface area contributed by atoms with Crippen molar-refractivity contribution in [3.05, 3.63) is 28.7 Å². The molecule has 2 rings (SSSR count). The Morgan fingerprint density at radius 2 is 2.29 bits per heavy atom. The number of aromatic nitrogens is 1. The highest BCUT2D eigenvalue weighted by atomic mass is 16.5. The predicted octanol–water partition coefficient (Wildman–Crippen LogP) is 0.985. The molecule has 1 aromatic carbocycles. The first-order valence-electron chi connectivity index (χ1n) is 5.02. The second-order valence-electron chi connectivity index (χ2n) is 3.55. The molecule has 0 atom stereocenters. The lowest BCUT2D eigenvalue weighted by Gasteiger charge is -2.03. The summed E-state index contributed by atoms with van der Waals surface area (Å²) in [6, 6.07) is 4.92. The Balaban J connectivity index is 2.20. The molecule has 0 saturated heterocycles. The summed E-state index contributed by atoms with van der Waals surface area (Å²) in [6.07, 6.45) is -0.0726. The van der Waals surface area contributed by atoms with Gasteiger partial charge in [-0.2, -0.15) is 0 Å². The molecule has 90 valence electrons. The van der Waals surface area contributed by atoms with E-state index in [-0.39, 0.29) is 13.0 Å². The van der Waals surface area contributed by atoms with Gasteiger partial charge in [0.2, 0.25) is 0 Å². The highest BCUT2D eigenvalue weighted by Crippen LogP contribution is 2.19. The van der Waals surface area contributed by atoms with E-state index < -0.39 is 11.7 Å². The van der Waals surface area contributed by atoms with Crippen LogP contribution in [-0.2, 0) is 11.8 Å². The largest absolute Gasteiger partial charge is 0.493 e. The van der Waals surface area contributed by atoms with E-state index in [1.807, 2.05) is 0 Å². The van der Waals surface area contributed by atoms with Gasteiger partial charge >= 0.3 is 11.7 Å². The molecule has 1 aromatic heterocycles. The number of oxazole rings is 1. The van der Waals surface area contributed by atoms with Crippen LogP contribution in [0, 0.1) is 0 Å². The minimum absolute atomic E-state index is 0.0726. The fraction of sp³-hybridized carbons (Fsp3) is 0.273. The number of nitrogens with zero attached hydrogens (tertiary/aromatic N) is 1. The van der Waals surface area contributed by atoms with Crippen molar-refractivity contribution in [1.82, 2.24) is 4.57 Å². The van der Waals surface area contributed by atoms with Crippen molar-refractivity contribution < 1.29 is 19.1 Å². The Kier molecular flexibility index (Phi) is 2.86. The van der Waals surface area contributed by atoms with Gasteiger partial charge in [0.05, 0.1) is 18.5 Å². The van der Waals surface area contributed by atoms with E-state index in [0.717, 1.165) is 0 Å². The van der Waals surface area contributed by atoms with E-state index in [1.165, 1.54) is 4.57 Å². The molecule has 0 aliphatic carbocycles. The van der Waals surface area contributed by atoms with Crippen molar-refractivity contribution in [3.8, 4) is 5.75 Å². The highest BCUT2D eigenvalue weighted by Gasteiger charge is 2.07. The second kappa shape index (κ2) is 4.32. The van der Waals surface area contributed by atoms with Crippen LogP contribution in [0.3, 0.4) is 0 Å². The van der Waals surface area contributed by atoms with Gasteiger partial charge in [0.1, 0.15) is 5.75 Å². The molecule has 0 spiro atoms. The number of benzene rings is 1. The molecule has 0 fully saturated rings. The number of hydrogen-bond donors (Lipinski definition) is 1. The molecule has 0 aliphatic rings. The van der Waals surface area contributed by atoms with Crippen molar-refractivity contribution in [1.29, 1.82) is 0 Å². The Bertz CT molecular complexity index is 610. The van der Waals surface area contributed by atoms with Crippen molar-refractivity contribution in [2.24, 2.45) is 7.05 Å². The first-order chi connectivity index (χ1) is 8.08. The minimum Gasteiger partial charge on any atom is -0.493 e. The normalized spacial score (nSPS) is 10.6. The third-order valence-corrected chi connectivity index (χ3v) is 2.35. The van der Waals surface area contributed by atoms with Crippen LogP contribution < -0.4 is 10.5 Å². The molecule has 0 amide bonds. The maximum absolute atomic E-state index is 11.2. The zero-order chi connectivity index (χ0) is 12.4. The molecule has 0 saturated carbocycles. The van der Waals surface area contributed by atoms with E-state index in [9.17, 15) is 9.59 Å². The van der Waals surface area contributed by atoms with Crippen LogP contribution in [0.5, 0.6) is 5.75 Å². The van der Waals surface area contributed by atoms with E-state index in [0.29, 0.717) is 16.8 Å². The number of fused-ring (bicyclic) bond motifs is 1. The Hall–Kier alpha value is -2.24. The van der Waals surface area contributed by atoms with E-state index in [4.69, 9.17) is 14.3 Å². The minimum atomic E-state index is -0.919. The molecular weight excluding hydrogens is 226 g/mol. The highest BCUT2D eigenvalue weighted by molar-refractivity contribution is 5.74. The molecule has 0 aliphatic heterocycles. The Morgan fingerprint density at radius 3 is 3.00 bits per heavy atom. The SMILES string of the molecule is Cn1c(=O)oc2cc(OCCC(=O)O)ccc21.